The molecule has 0 radical (unpaired) electrons. The summed E-state index contributed by atoms with van der Waals surface area (Å²) in [5, 5.41) is 11.0. The normalized spacial score (nSPS) is 28.2. The molecule has 1 N–H and O–H groups in total. The first-order valence-corrected chi connectivity index (χ1v) is 7.28. The zero-order chi connectivity index (χ0) is 13.9. The van der Waals surface area contributed by atoms with Gasteiger partial charge in [0.1, 0.15) is 17.0 Å². The van der Waals surface area contributed by atoms with E-state index in [2.05, 4.69) is 18.8 Å². The minimum atomic E-state index is -0.823. The third kappa shape index (κ3) is 3.08. The molecule has 2 rings (SSSR count). The number of ether oxygens (including phenoxy) is 1. The molecule has 2 atom stereocenters. The number of aromatic nitrogens is 1. The molecule has 3 nitrogen and oxygen atoms in total. The monoisotopic (exact) mass is 263 g/mol. The number of pyridine rings is 1. The largest absolute Gasteiger partial charge is 0.495 e. The van der Waals surface area contributed by atoms with E-state index < -0.39 is 5.60 Å². The fourth-order valence-electron chi connectivity index (χ4n) is 3.16. The number of rotatable bonds is 3. The van der Waals surface area contributed by atoms with Crippen molar-refractivity contribution < 1.29 is 9.84 Å². The molecular formula is C16H25NO2. The lowest BCUT2D eigenvalue weighted by atomic mass is 9.86. The van der Waals surface area contributed by atoms with E-state index in [4.69, 9.17) is 4.74 Å². The molecule has 1 aromatic heterocycles. The van der Waals surface area contributed by atoms with Crippen LogP contribution < -0.4 is 4.74 Å². The van der Waals surface area contributed by atoms with Crippen LogP contribution in [0.1, 0.15) is 51.6 Å². The van der Waals surface area contributed by atoms with Crippen molar-refractivity contribution in [1.29, 1.82) is 0 Å². The second kappa shape index (κ2) is 5.91. The summed E-state index contributed by atoms with van der Waals surface area (Å²) in [5.74, 6) is 2.10. The summed E-state index contributed by atoms with van der Waals surface area (Å²) in [6.45, 7) is 4.55. The Labute approximate surface area is 116 Å². The Kier molecular flexibility index (Phi) is 4.46. The van der Waals surface area contributed by atoms with Crippen LogP contribution in [-0.2, 0) is 5.60 Å². The number of methoxy groups -OCH3 is 1. The van der Waals surface area contributed by atoms with Crippen molar-refractivity contribution in [3.8, 4) is 5.75 Å². The van der Waals surface area contributed by atoms with Crippen LogP contribution in [0.2, 0.25) is 0 Å². The van der Waals surface area contributed by atoms with E-state index >= 15 is 0 Å². The second-order valence-electron chi connectivity index (χ2n) is 6.02. The topological polar surface area (TPSA) is 42.4 Å². The Morgan fingerprint density at radius 1 is 1.37 bits per heavy atom. The summed E-state index contributed by atoms with van der Waals surface area (Å²) >= 11 is 0. The highest BCUT2D eigenvalue weighted by atomic mass is 16.5. The van der Waals surface area contributed by atoms with Gasteiger partial charge < -0.3 is 9.84 Å². The lowest BCUT2D eigenvalue weighted by Gasteiger charge is -2.27. The summed E-state index contributed by atoms with van der Waals surface area (Å²) in [6, 6.07) is 3.73. The van der Waals surface area contributed by atoms with Crippen LogP contribution in [0.15, 0.2) is 18.3 Å². The average Bonchev–Trinajstić information content (AvgIpc) is 2.62. The molecule has 3 heteroatoms. The van der Waals surface area contributed by atoms with Gasteiger partial charge in [0.15, 0.2) is 0 Å². The minimum absolute atomic E-state index is 0.688. The van der Waals surface area contributed by atoms with Crippen LogP contribution in [0.5, 0.6) is 5.75 Å². The Balaban J connectivity index is 2.22. The van der Waals surface area contributed by atoms with Crippen molar-refractivity contribution in [2.75, 3.05) is 7.11 Å². The van der Waals surface area contributed by atoms with Gasteiger partial charge in [0.25, 0.3) is 0 Å². The van der Waals surface area contributed by atoms with Gasteiger partial charge in [0, 0.05) is 6.20 Å². The fourth-order valence-corrected chi connectivity index (χ4v) is 3.16. The third-order valence-corrected chi connectivity index (χ3v) is 4.47. The van der Waals surface area contributed by atoms with Gasteiger partial charge in [-0.05, 0) is 49.7 Å². The molecule has 2 unspecified atom stereocenters. The maximum atomic E-state index is 11.0. The molecule has 0 aromatic carbocycles. The smallest absolute Gasteiger partial charge is 0.143 e. The van der Waals surface area contributed by atoms with Gasteiger partial charge in [-0.15, -0.1) is 0 Å². The molecule has 106 valence electrons. The minimum Gasteiger partial charge on any atom is -0.495 e. The van der Waals surface area contributed by atoms with Gasteiger partial charge in [-0.25, -0.2) is 0 Å². The first-order chi connectivity index (χ1) is 9.07. The number of aliphatic hydroxyl groups is 1. The highest BCUT2D eigenvalue weighted by molar-refractivity contribution is 5.31. The van der Waals surface area contributed by atoms with Gasteiger partial charge in [-0.1, -0.05) is 20.3 Å². The molecule has 0 spiro atoms. The van der Waals surface area contributed by atoms with Crippen LogP contribution >= 0.6 is 0 Å². The molecule has 0 saturated heterocycles. The van der Waals surface area contributed by atoms with Crippen LogP contribution in [0, 0.1) is 11.8 Å². The lowest BCUT2D eigenvalue weighted by Crippen LogP contribution is -2.27. The predicted molar refractivity (Wildman–Crippen MR) is 76.1 cm³/mol. The van der Waals surface area contributed by atoms with E-state index in [9.17, 15) is 5.11 Å². The quantitative estimate of drug-likeness (QED) is 0.848. The lowest BCUT2D eigenvalue weighted by molar-refractivity contribution is 0.0125. The SMILES string of the molecule is COc1cccnc1C1(O)CCCC(C(C)C)CC1. The van der Waals surface area contributed by atoms with E-state index in [-0.39, 0.29) is 0 Å². The first-order valence-electron chi connectivity index (χ1n) is 7.28. The van der Waals surface area contributed by atoms with E-state index in [1.165, 1.54) is 6.42 Å². The van der Waals surface area contributed by atoms with Crippen molar-refractivity contribution >= 4 is 0 Å². The van der Waals surface area contributed by atoms with E-state index in [0.29, 0.717) is 23.3 Å². The zero-order valence-corrected chi connectivity index (χ0v) is 12.2. The van der Waals surface area contributed by atoms with E-state index in [0.717, 1.165) is 25.7 Å². The summed E-state index contributed by atoms with van der Waals surface area (Å²) in [6.07, 6.45) is 6.62. The van der Waals surface area contributed by atoms with E-state index in [1.807, 2.05) is 12.1 Å². The summed E-state index contributed by atoms with van der Waals surface area (Å²) in [4.78, 5) is 4.38. The Hall–Kier alpha value is -1.09. The van der Waals surface area contributed by atoms with Crippen molar-refractivity contribution in [3.63, 3.8) is 0 Å². The van der Waals surface area contributed by atoms with Crippen LogP contribution in [-0.4, -0.2) is 17.2 Å². The molecule has 0 amide bonds. The van der Waals surface area contributed by atoms with Crippen LogP contribution in [0.3, 0.4) is 0 Å². The van der Waals surface area contributed by atoms with Gasteiger partial charge in [-0.2, -0.15) is 0 Å². The van der Waals surface area contributed by atoms with Gasteiger partial charge in [-0.3, -0.25) is 4.98 Å². The maximum Gasteiger partial charge on any atom is 0.143 e. The Morgan fingerprint density at radius 2 is 2.16 bits per heavy atom. The second-order valence-corrected chi connectivity index (χ2v) is 6.02. The zero-order valence-electron chi connectivity index (χ0n) is 12.2. The number of hydrogen-bond acceptors (Lipinski definition) is 3. The molecule has 1 heterocycles. The molecule has 0 aliphatic heterocycles. The summed E-state index contributed by atoms with van der Waals surface area (Å²) in [7, 11) is 1.64. The molecule has 19 heavy (non-hydrogen) atoms. The van der Waals surface area contributed by atoms with Gasteiger partial charge >= 0.3 is 0 Å². The predicted octanol–water partition coefficient (Wildman–Crippen LogP) is 3.51. The molecule has 1 aliphatic carbocycles. The van der Waals surface area contributed by atoms with Crippen molar-refractivity contribution in [2.45, 2.75) is 51.6 Å². The Morgan fingerprint density at radius 3 is 2.84 bits per heavy atom. The van der Waals surface area contributed by atoms with Gasteiger partial charge in [0.2, 0.25) is 0 Å². The van der Waals surface area contributed by atoms with Crippen LogP contribution in [0.4, 0.5) is 0 Å². The fraction of sp³-hybridized carbons (Fsp3) is 0.688. The number of nitrogens with zero attached hydrogens (tertiary/aromatic N) is 1. The number of hydrogen-bond donors (Lipinski definition) is 1. The molecular weight excluding hydrogens is 238 g/mol. The van der Waals surface area contributed by atoms with Crippen molar-refractivity contribution in [2.24, 2.45) is 11.8 Å². The highest BCUT2D eigenvalue weighted by Crippen LogP contribution is 2.41. The average molecular weight is 263 g/mol. The Bertz CT molecular complexity index is 419. The molecule has 1 aromatic rings. The first kappa shape index (κ1) is 14.3. The molecule has 1 aliphatic rings. The van der Waals surface area contributed by atoms with Crippen LogP contribution in [0.25, 0.3) is 0 Å². The van der Waals surface area contributed by atoms with Gasteiger partial charge in [0.05, 0.1) is 7.11 Å². The van der Waals surface area contributed by atoms with E-state index in [1.54, 1.807) is 13.3 Å². The van der Waals surface area contributed by atoms with Crippen molar-refractivity contribution in [3.05, 3.63) is 24.0 Å². The molecule has 0 bridgehead atoms. The van der Waals surface area contributed by atoms with Crippen molar-refractivity contribution in [1.82, 2.24) is 4.98 Å². The third-order valence-electron chi connectivity index (χ3n) is 4.47. The summed E-state index contributed by atoms with van der Waals surface area (Å²) in [5.41, 5.74) is -0.113. The highest BCUT2D eigenvalue weighted by Gasteiger charge is 2.36. The molecule has 1 saturated carbocycles. The maximum absolute atomic E-state index is 11.0. The molecule has 1 fully saturated rings. The summed E-state index contributed by atoms with van der Waals surface area (Å²) < 4.78 is 5.36. The standard InChI is InChI=1S/C16H25NO2/c1-12(2)13-6-4-9-16(18,10-8-13)15-14(19-3)7-5-11-17-15/h5,7,11-13,18H,4,6,8-10H2,1-3H3.